The summed E-state index contributed by atoms with van der Waals surface area (Å²) in [5.74, 6) is 0.356. The highest BCUT2D eigenvalue weighted by atomic mass is 19.1. The Morgan fingerprint density at radius 2 is 2.04 bits per heavy atom. The standard InChI is InChI=1S/C20H25FO2/c1-12(21)20-10-7-13-11-14(22)3-4-15(13)16(20)8-9-19(2)17(20)5-6-18(19)23/h3-4,11,16-18,22-23H,1,5-10H2,2H3/t16-,17-,18+,19+,20+/m1/s1. The molecular weight excluding hydrogens is 291 g/mol. The van der Waals surface area contributed by atoms with Crippen LogP contribution in [-0.4, -0.2) is 16.3 Å². The van der Waals surface area contributed by atoms with Crippen molar-refractivity contribution in [2.24, 2.45) is 16.7 Å². The topological polar surface area (TPSA) is 40.5 Å². The van der Waals surface area contributed by atoms with E-state index in [1.165, 1.54) is 5.56 Å². The third-order valence-corrected chi connectivity index (χ3v) is 7.32. The van der Waals surface area contributed by atoms with Gasteiger partial charge in [0, 0.05) is 5.41 Å². The van der Waals surface area contributed by atoms with Gasteiger partial charge in [0.2, 0.25) is 0 Å². The van der Waals surface area contributed by atoms with Crippen LogP contribution in [0.25, 0.3) is 0 Å². The average molecular weight is 316 g/mol. The first-order valence-electron chi connectivity index (χ1n) is 8.74. The summed E-state index contributed by atoms with van der Waals surface area (Å²) in [7, 11) is 0. The molecule has 1 aromatic carbocycles. The Morgan fingerprint density at radius 1 is 1.26 bits per heavy atom. The van der Waals surface area contributed by atoms with E-state index in [0.717, 1.165) is 44.1 Å². The molecule has 0 spiro atoms. The molecule has 3 heteroatoms. The molecule has 0 aliphatic heterocycles. The highest BCUT2D eigenvalue weighted by Crippen LogP contribution is 2.69. The van der Waals surface area contributed by atoms with Crippen molar-refractivity contribution < 1.29 is 14.6 Å². The van der Waals surface area contributed by atoms with E-state index in [9.17, 15) is 14.6 Å². The predicted molar refractivity (Wildman–Crippen MR) is 87.9 cm³/mol. The highest BCUT2D eigenvalue weighted by molar-refractivity contribution is 5.43. The van der Waals surface area contributed by atoms with E-state index in [2.05, 4.69) is 13.5 Å². The van der Waals surface area contributed by atoms with Crippen molar-refractivity contribution in [3.8, 4) is 5.75 Å². The molecule has 124 valence electrons. The molecule has 2 fully saturated rings. The van der Waals surface area contributed by atoms with Crippen molar-refractivity contribution in [3.63, 3.8) is 0 Å². The number of phenolic OH excluding ortho intramolecular Hbond substituents is 1. The molecule has 2 N–H and O–H groups in total. The minimum atomic E-state index is -0.547. The first-order chi connectivity index (χ1) is 10.9. The van der Waals surface area contributed by atoms with Gasteiger partial charge in [-0.05, 0) is 79.0 Å². The summed E-state index contributed by atoms with van der Waals surface area (Å²) in [4.78, 5) is 0. The van der Waals surface area contributed by atoms with Crippen molar-refractivity contribution in [1.82, 2.24) is 0 Å². The zero-order chi connectivity index (χ0) is 16.4. The minimum absolute atomic E-state index is 0.118. The summed E-state index contributed by atoms with van der Waals surface area (Å²) in [5, 5.41) is 20.3. The number of allylic oxidation sites excluding steroid dienone is 1. The van der Waals surface area contributed by atoms with Gasteiger partial charge in [0.25, 0.3) is 0 Å². The molecule has 23 heavy (non-hydrogen) atoms. The lowest BCUT2D eigenvalue weighted by Gasteiger charge is -2.57. The molecule has 0 amide bonds. The highest BCUT2D eigenvalue weighted by Gasteiger charge is 2.63. The van der Waals surface area contributed by atoms with E-state index in [1.807, 2.05) is 12.1 Å². The lowest BCUT2D eigenvalue weighted by Crippen LogP contribution is -2.51. The Kier molecular flexibility index (Phi) is 3.19. The molecule has 0 unspecified atom stereocenters. The average Bonchev–Trinajstić information content (AvgIpc) is 2.82. The van der Waals surface area contributed by atoms with Gasteiger partial charge >= 0.3 is 0 Å². The molecule has 0 saturated heterocycles. The number of phenols is 1. The van der Waals surface area contributed by atoms with Crippen LogP contribution in [0.15, 0.2) is 30.6 Å². The van der Waals surface area contributed by atoms with Gasteiger partial charge in [0.1, 0.15) is 5.75 Å². The number of aromatic hydroxyl groups is 1. The molecule has 0 heterocycles. The molecule has 2 nitrogen and oxygen atoms in total. The van der Waals surface area contributed by atoms with Crippen molar-refractivity contribution in [1.29, 1.82) is 0 Å². The quantitative estimate of drug-likeness (QED) is 0.803. The molecule has 0 aromatic heterocycles. The zero-order valence-electron chi connectivity index (χ0n) is 13.7. The number of rotatable bonds is 1. The summed E-state index contributed by atoms with van der Waals surface area (Å²) in [6.45, 7) is 5.90. The Labute approximate surface area is 137 Å². The summed E-state index contributed by atoms with van der Waals surface area (Å²) < 4.78 is 14.9. The van der Waals surface area contributed by atoms with Gasteiger partial charge in [0.15, 0.2) is 0 Å². The van der Waals surface area contributed by atoms with E-state index >= 15 is 0 Å². The third-order valence-electron chi connectivity index (χ3n) is 7.32. The predicted octanol–water partition coefficient (Wildman–Crippen LogP) is 4.46. The molecule has 5 atom stereocenters. The number of halogens is 1. The van der Waals surface area contributed by atoms with Crippen molar-refractivity contribution in [2.75, 3.05) is 0 Å². The Hall–Kier alpha value is -1.35. The number of hydrogen-bond donors (Lipinski definition) is 2. The van der Waals surface area contributed by atoms with Crippen LogP contribution in [0, 0.1) is 16.7 Å². The largest absolute Gasteiger partial charge is 0.508 e. The first kappa shape index (κ1) is 15.2. The van der Waals surface area contributed by atoms with Gasteiger partial charge in [-0.15, -0.1) is 0 Å². The van der Waals surface area contributed by atoms with Crippen LogP contribution < -0.4 is 0 Å². The SMILES string of the molecule is C=C(F)[C@@]12CCc3cc(O)ccc3[C@H]1CC[C@@]1(C)[C@H]2CC[C@@H]1O. The molecule has 3 aliphatic carbocycles. The fourth-order valence-electron chi connectivity index (χ4n) is 6.14. The van der Waals surface area contributed by atoms with Gasteiger partial charge in [-0.25, -0.2) is 4.39 Å². The fourth-order valence-corrected chi connectivity index (χ4v) is 6.14. The van der Waals surface area contributed by atoms with Gasteiger partial charge in [0.05, 0.1) is 11.9 Å². The van der Waals surface area contributed by atoms with Crippen molar-refractivity contribution in [3.05, 3.63) is 41.7 Å². The molecule has 3 aliphatic rings. The normalized spacial score (nSPS) is 41.8. The van der Waals surface area contributed by atoms with Crippen LogP contribution >= 0.6 is 0 Å². The van der Waals surface area contributed by atoms with E-state index in [-0.39, 0.29) is 34.9 Å². The lowest BCUT2D eigenvalue weighted by molar-refractivity contribution is -0.0662. The van der Waals surface area contributed by atoms with Gasteiger partial charge in [-0.1, -0.05) is 19.6 Å². The van der Waals surface area contributed by atoms with Gasteiger partial charge in [-0.2, -0.15) is 0 Å². The maximum atomic E-state index is 14.9. The molecule has 4 rings (SSSR count). The van der Waals surface area contributed by atoms with E-state index in [0.29, 0.717) is 0 Å². The maximum Gasteiger partial charge on any atom is 0.115 e. The van der Waals surface area contributed by atoms with E-state index in [4.69, 9.17) is 0 Å². The minimum Gasteiger partial charge on any atom is -0.508 e. The van der Waals surface area contributed by atoms with Crippen LogP contribution in [0.1, 0.15) is 56.1 Å². The van der Waals surface area contributed by atoms with Crippen LogP contribution in [0.3, 0.4) is 0 Å². The smallest absolute Gasteiger partial charge is 0.115 e. The second-order valence-corrected chi connectivity index (χ2v) is 8.07. The molecule has 2 saturated carbocycles. The maximum absolute atomic E-state index is 14.9. The molecular formula is C20H25FO2. The van der Waals surface area contributed by atoms with Crippen LogP contribution in [0.5, 0.6) is 5.75 Å². The third kappa shape index (κ3) is 1.83. The summed E-state index contributed by atoms with van der Waals surface area (Å²) >= 11 is 0. The number of aliphatic hydroxyl groups excluding tert-OH is 1. The van der Waals surface area contributed by atoms with Crippen LogP contribution in [-0.2, 0) is 6.42 Å². The number of fused-ring (bicyclic) bond motifs is 5. The number of hydrogen-bond acceptors (Lipinski definition) is 2. The summed E-state index contributed by atoms with van der Waals surface area (Å²) in [5.41, 5.74) is 1.58. The van der Waals surface area contributed by atoms with E-state index < -0.39 is 5.41 Å². The first-order valence-corrected chi connectivity index (χ1v) is 8.74. The van der Waals surface area contributed by atoms with Crippen LogP contribution in [0.4, 0.5) is 4.39 Å². The molecule has 0 bridgehead atoms. The zero-order valence-corrected chi connectivity index (χ0v) is 13.7. The van der Waals surface area contributed by atoms with Crippen LogP contribution in [0.2, 0.25) is 0 Å². The summed E-state index contributed by atoms with van der Waals surface area (Å²) in [6.07, 6.45) is 4.63. The second-order valence-electron chi connectivity index (χ2n) is 8.07. The Bertz CT molecular complexity index is 670. The van der Waals surface area contributed by atoms with Crippen molar-refractivity contribution in [2.45, 2.75) is 57.5 Å². The molecule has 0 radical (unpaired) electrons. The number of aliphatic hydroxyl groups is 1. The monoisotopic (exact) mass is 316 g/mol. The van der Waals surface area contributed by atoms with Gasteiger partial charge < -0.3 is 10.2 Å². The fraction of sp³-hybridized carbons (Fsp3) is 0.600. The summed E-state index contributed by atoms with van der Waals surface area (Å²) in [6, 6.07) is 5.52. The van der Waals surface area contributed by atoms with E-state index in [1.54, 1.807) is 6.07 Å². The molecule has 1 aromatic rings. The lowest BCUT2D eigenvalue weighted by atomic mass is 9.47. The number of aryl methyl sites for hydroxylation is 1. The Balaban J connectivity index is 1.86. The number of benzene rings is 1. The second kappa shape index (κ2) is 4.83. The van der Waals surface area contributed by atoms with Gasteiger partial charge in [-0.3, -0.25) is 0 Å². The Morgan fingerprint density at radius 3 is 2.78 bits per heavy atom. The van der Waals surface area contributed by atoms with Crippen molar-refractivity contribution >= 4 is 0 Å².